The number of imidazole rings is 1. The van der Waals surface area contributed by atoms with Gasteiger partial charge < -0.3 is 0 Å². The second kappa shape index (κ2) is 3.25. The first-order valence-electron chi connectivity index (χ1n) is 7.90. The SMILES string of the molecule is [2H]C([2H])([2H])n1c2[n+](c3c1cc1ncccn13)Cc1ccncc1-2. The fraction of sp³-hybridized carbons (Fsp3) is 0.133. The van der Waals surface area contributed by atoms with Gasteiger partial charge >= 0.3 is 0 Å². The summed E-state index contributed by atoms with van der Waals surface area (Å²) in [6.45, 7) is -1.64. The van der Waals surface area contributed by atoms with E-state index >= 15 is 0 Å². The highest BCUT2D eigenvalue weighted by Crippen LogP contribution is 2.30. The van der Waals surface area contributed by atoms with Gasteiger partial charge in [-0.3, -0.25) is 9.55 Å². The van der Waals surface area contributed by atoms with Crippen LogP contribution in [0.2, 0.25) is 0 Å². The first-order valence-corrected chi connectivity index (χ1v) is 6.40. The molecule has 0 N–H and O–H groups in total. The van der Waals surface area contributed by atoms with Crippen LogP contribution in [-0.2, 0) is 13.5 Å². The largest absolute Gasteiger partial charge is 0.275 e. The van der Waals surface area contributed by atoms with E-state index in [9.17, 15) is 0 Å². The molecule has 0 fully saturated rings. The third-order valence-electron chi connectivity index (χ3n) is 3.94. The monoisotopic (exact) mass is 265 g/mol. The molecule has 0 atom stereocenters. The van der Waals surface area contributed by atoms with Crippen LogP contribution in [0.3, 0.4) is 0 Å². The van der Waals surface area contributed by atoms with Crippen molar-refractivity contribution in [2.45, 2.75) is 6.54 Å². The molecule has 5 heteroatoms. The van der Waals surface area contributed by atoms with Crippen LogP contribution >= 0.6 is 0 Å². The second-order valence-corrected chi connectivity index (χ2v) is 4.98. The minimum absolute atomic E-state index is 0.633. The Morgan fingerprint density at radius 3 is 3.35 bits per heavy atom. The average molecular weight is 265 g/mol. The van der Waals surface area contributed by atoms with Crippen LogP contribution in [0.5, 0.6) is 0 Å². The van der Waals surface area contributed by atoms with Gasteiger partial charge in [-0.2, -0.15) is 0 Å². The first kappa shape index (κ1) is 7.79. The van der Waals surface area contributed by atoms with Gasteiger partial charge in [0.05, 0.1) is 29.4 Å². The molecular formula is C15H12N5+. The van der Waals surface area contributed by atoms with Crippen LogP contribution in [0.25, 0.3) is 28.2 Å². The molecule has 0 unspecified atom stereocenters. The Labute approximate surface area is 119 Å². The Bertz CT molecular complexity index is 1090. The molecule has 0 bridgehead atoms. The molecule has 1 aliphatic heterocycles. The van der Waals surface area contributed by atoms with Gasteiger partial charge in [0.15, 0.2) is 11.2 Å². The predicted octanol–water partition coefficient (Wildman–Crippen LogP) is 1.54. The van der Waals surface area contributed by atoms with E-state index in [-0.39, 0.29) is 0 Å². The molecule has 0 amide bonds. The van der Waals surface area contributed by atoms with E-state index in [4.69, 9.17) is 4.11 Å². The van der Waals surface area contributed by atoms with Crippen molar-refractivity contribution in [1.82, 2.24) is 18.9 Å². The van der Waals surface area contributed by atoms with Crippen LogP contribution in [-0.4, -0.2) is 18.9 Å². The molecule has 0 saturated carbocycles. The Morgan fingerprint density at radius 1 is 1.40 bits per heavy atom. The van der Waals surface area contributed by atoms with Crippen molar-refractivity contribution < 1.29 is 8.68 Å². The van der Waals surface area contributed by atoms with Crippen molar-refractivity contribution in [3.63, 3.8) is 0 Å². The number of pyridine rings is 1. The second-order valence-electron chi connectivity index (χ2n) is 4.98. The van der Waals surface area contributed by atoms with E-state index in [1.54, 1.807) is 18.6 Å². The highest BCUT2D eigenvalue weighted by Gasteiger charge is 2.33. The molecule has 5 heterocycles. The van der Waals surface area contributed by atoms with Gasteiger partial charge in [-0.05, 0) is 12.1 Å². The maximum atomic E-state index is 7.99. The summed E-state index contributed by atoms with van der Waals surface area (Å²) in [4.78, 5) is 8.49. The van der Waals surface area contributed by atoms with Crippen molar-refractivity contribution >= 4 is 16.8 Å². The molecule has 20 heavy (non-hydrogen) atoms. The quantitative estimate of drug-likeness (QED) is 0.398. The standard InChI is InChI=1S/C15H12N5/c1-18-12-7-13-17-4-2-6-19(13)15(12)20-9-10-3-5-16-8-11(10)14(18)20/h2-8H,9H2,1H3/q+1/i1D3. The van der Waals surface area contributed by atoms with Gasteiger partial charge in [0.2, 0.25) is 5.82 Å². The van der Waals surface area contributed by atoms with Crippen molar-refractivity contribution in [2.24, 2.45) is 6.98 Å². The van der Waals surface area contributed by atoms with Gasteiger partial charge in [-0.25, -0.2) is 14.0 Å². The zero-order valence-corrected chi connectivity index (χ0v) is 10.5. The number of fused-ring (bicyclic) bond motifs is 7. The minimum atomic E-state index is -2.28. The lowest BCUT2D eigenvalue weighted by Gasteiger charge is -1.95. The normalized spacial score (nSPS) is 15.9. The van der Waals surface area contributed by atoms with Crippen LogP contribution in [0.4, 0.5) is 0 Å². The maximum Gasteiger partial charge on any atom is 0.275 e. The van der Waals surface area contributed by atoms with Gasteiger partial charge in [0.25, 0.3) is 5.65 Å². The summed E-state index contributed by atoms with van der Waals surface area (Å²) in [5, 5.41) is 0. The fourth-order valence-electron chi connectivity index (χ4n) is 3.10. The van der Waals surface area contributed by atoms with Gasteiger partial charge in [0.1, 0.15) is 0 Å². The summed E-state index contributed by atoms with van der Waals surface area (Å²) in [6.07, 6.45) is 7.08. The smallest absolute Gasteiger partial charge is 0.264 e. The van der Waals surface area contributed by atoms with Crippen molar-refractivity contribution in [2.75, 3.05) is 0 Å². The zero-order valence-electron chi connectivity index (χ0n) is 13.5. The number of aryl methyl sites for hydroxylation is 1. The van der Waals surface area contributed by atoms with E-state index in [0.717, 1.165) is 22.4 Å². The van der Waals surface area contributed by atoms with E-state index < -0.39 is 6.98 Å². The van der Waals surface area contributed by atoms with Crippen molar-refractivity contribution in [3.8, 4) is 11.4 Å². The highest BCUT2D eigenvalue weighted by atomic mass is 15.2. The van der Waals surface area contributed by atoms with E-state index in [1.165, 1.54) is 4.57 Å². The summed E-state index contributed by atoms with van der Waals surface area (Å²) in [6, 6.07) is 5.60. The van der Waals surface area contributed by atoms with Crippen LogP contribution in [0.15, 0.2) is 43.0 Å². The molecule has 4 aromatic rings. The van der Waals surface area contributed by atoms with Gasteiger partial charge in [0, 0.05) is 30.2 Å². The van der Waals surface area contributed by atoms with Gasteiger partial charge in [-0.1, -0.05) is 0 Å². The lowest BCUT2D eigenvalue weighted by atomic mass is 10.2. The Morgan fingerprint density at radius 2 is 2.40 bits per heavy atom. The van der Waals surface area contributed by atoms with Crippen molar-refractivity contribution in [3.05, 3.63) is 48.5 Å². The van der Waals surface area contributed by atoms with Gasteiger partial charge in [-0.15, -0.1) is 0 Å². The zero-order chi connectivity index (χ0) is 15.8. The first-order chi connectivity index (χ1) is 11.1. The molecule has 0 aliphatic carbocycles. The topological polar surface area (TPSA) is 39.0 Å². The maximum absolute atomic E-state index is 7.99. The number of hydrogen-bond acceptors (Lipinski definition) is 2. The number of hydrogen-bond donors (Lipinski definition) is 0. The molecule has 0 radical (unpaired) electrons. The van der Waals surface area contributed by atoms with Crippen LogP contribution in [0, 0.1) is 0 Å². The Kier molecular flexibility index (Phi) is 1.27. The summed E-state index contributed by atoms with van der Waals surface area (Å²) < 4.78 is 29.3. The predicted molar refractivity (Wildman–Crippen MR) is 74.2 cm³/mol. The summed E-state index contributed by atoms with van der Waals surface area (Å²) >= 11 is 0. The van der Waals surface area contributed by atoms with E-state index in [2.05, 4.69) is 9.97 Å². The number of nitrogens with zero attached hydrogens (tertiary/aromatic N) is 5. The van der Waals surface area contributed by atoms with Crippen LogP contribution in [0.1, 0.15) is 9.68 Å². The molecule has 5 nitrogen and oxygen atoms in total. The fourth-order valence-corrected chi connectivity index (χ4v) is 3.10. The third kappa shape index (κ3) is 1.02. The number of rotatable bonds is 0. The molecular weight excluding hydrogens is 250 g/mol. The highest BCUT2D eigenvalue weighted by molar-refractivity contribution is 5.81. The van der Waals surface area contributed by atoms with Crippen LogP contribution < -0.4 is 4.57 Å². The molecule has 0 spiro atoms. The summed E-state index contributed by atoms with van der Waals surface area (Å²) in [5.74, 6) is 0.677. The molecule has 5 rings (SSSR count). The molecule has 96 valence electrons. The minimum Gasteiger partial charge on any atom is -0.264 e. The third-order valence-corrected chi connectivity index (χ3v) is 3.94. The molecule has 1 aliphatic rings. The summed E-state index contributed by atoms with van der Waals surface area (Å²) in [5.41, 5.74) is 4.19. The lowest BCUT2D eigenvalue weighted by molar-refractivity contribution is -0.648. The van der Waals surface area contributed by atoms with E-state index in [1.807, 2.05) is 33.4 Å². The average Bonchev–Trinajstić information content (AvgIpc) is 3.12. The molecule has 0 aromatic carbocycles. The summed E-state index contributed by atoms with van der Waals surface area (Å²) in [7, 11) is 0. The lowest BCUT2D eigenvalue weighted by Crippen LogP contribution is -2.32. The Balaban J connectivity index is 2.01. The molecule has 0 saturated heterocycles. The molecule has 4 aromatic heterocycles. The van der Waals surface area contributed by atoms with Crippen molar-refractivity contribution in [1.29, 1.82) is 0 Å². The Hall–Kier alpha value is -2.69. The number of aromatic nitrogens is 5. The van der Waals surface area contributed by atoms with E-state index in [0.29, 0.717) is 17.9 Å².